The molecule has 1 unspecified atom stereocenters. The monoisotopic (exact) mass is 205 g/mol. The smallest absolute Gasteiger partial charge is 0.0331 e. The zero-order valence-corrected chi connectivity index (χ0v) is 9.31. The maximum Gasteiger partial charge on any atom is 0.0331 e. The van der Waals surface area contributed by atoms with Crippen molar-refractivity contribution in [3.63, 3.8) is 0 Å². The van der Waals surface area contributed by atoms with Gasteiger partial charge in [0.25, 0.3) is 0 Å². The van der Waals surface area contributed by atoms with Crippen molar-refractivity contribution in [1.29, 1.82) is 0 Å². The van der Waals surface area contributed by atoms with Crippen molar-refractivity contribution in [3.05, 3.63) is 21.9 Å². The Morgan fingerprint density at radius 3 is 3.36 bits per heavy atom. The van der Waals surface area contributed by atoms with Crippen molar-refractivity contribution in [2.24, 2.45) is 0 Å². The van der Waals surface area contributed by atoms with Gasteiger partial charge in [-0.05, 0) is 30.4 Å². The molecule has 1 aliphatic heterocycles. The van der Waals surface area contributed by atoms with Gasteiger partial charge in [0, 0.05) is 30.4 Å². The quantitative estimate of drug-likeness (QED) is 0.671. The van der Waals surface area contributed by atoms with E-state index in [4.69, 9.17) is 6.42 Å². The Labute approximate surface area is 89.7 Å². The van der Waals surface area contributed by atoms with Crippen LogP contribution in [0.5, 0.6) is 0 Å². The summed E-state index contributed by atoms with van der Waals surface area (Å²) in [6, 6.07) is 2.81. The van der Waals surface area contributed by atoms with E-state index >= 15 is 0 Å². The Bertz CT molecular complexity index is 347. The molecule has 0 radical (unpaired) electrons. The summed E-state index contributed by atoms with van der Waals surface area (Å²) in [5.74, 6) is 2.71. The predicted molar refractivity (Wildman–Crippen MR) is 61.5 cm³/mol. The number of terminal acetylenes is 1. The van der Waals surface area contributed by atoms with Gasteiger partial charge in [-0.1, -0.05) is 0 Å². The molecule has 1 atom stereocenters. The van der Waals surface area contributed by atoms with Crippen molar-refractivity contribution >= 4 is 11.3 Å². The van der Waals surface area contributed by atoms with Crippen LogP contribution in [0.15, 0.2) is 11.4 Å². The van der Waals surface area contributed by atoms with Crippen LogP contribution in [0.4, 0.5) is 0 Å². The highest BCUT2D eigenvalue weighted by molar-refractivity contribution is 7.10. The first-order valence-electron chi connectivity index (χ1n) is 5.06. The molecule has 0 bridgehead atoms. The molecular formula is C12H15NS. The second-order valence-electron chi connectivity index (χ2n) is 3.72. The van der Waals surface area contributed by atoms with Crippen molar-refractivity contribution in [1.82, 2.24) is 4.90 Å². The molecule has 1 aliphatic rings. The lowest BCUT2D eigenvalue weighted by molar-refractivity contribution is 0.205. The van der Waals surface area contributed by atoms with Crippen molar-refractivity contribution in [3.8, 4) is 12.3 Å². The minimum atomic E-state index is 0.554. The summed E-state index contributed by atoms with van der Waals surface area (Å²) in [4.78, 5) is 4.05. The van der Waals surface area contributed by atoms with E-state index in [1.165, 1.54) is 12.0 Å². The van der Waals surface area contributed by atoms with Gasteiger partial charge in [0.1, 0.15) is 0 Å². The van der Waals surface area contributed by atoms with Crippen LogP contribution < -0.4 is 0 Å². The van der Waals surface area contributed by atoms with E-state index < -0.39 is 0 Å². The largest absolute Gasteiger partial charge is 0.295 e. The van der Waals surface area contributed by atoms with E-state index in [1.807, 2.05) is 11.3 Å². The molecule has 1 aromatic rings. The number of nitrogens with zero attached hydrogens (tertiary/aromatic N) is 1. The maximum absolute atomic E-state index is 5.29. The fraction of sp³-hybridized carbons (Fsp3) is 0.500. The SMILES string of the molecule is C#CCCN1CCc2sccc2C1C. The summed E-state index contributed by atoms with van der Waals surface area (Å²) in [5, 5.41) is 2.20. The molecule has 1 aromatic heterocycles. The Hall–Kier alpha value is -0.780. The van der Waals surface area contributed by atoms with Crippen molar-refractivity contribution in [2.45, 2.75) is 25.8 Å². The average molecular weight is 205 g/mol. The highest BCUT2D eigenvalue weighted by atomic mass is 32.1. The third-order valence-electron chi connectivity index (χ3n) is 2.95. The Balaban J connectivity index is 2.10. The van der Waals surface area contributed by atoms with Crippen LogP contribution in [0.2, 0.25) is 0 Å². The zero-order chi connectivity index (χ0) is 9.97. The Morgan fingerprint density at radius 2 is 2.57 bits per heavy atom. The molecule has 74 valence electrons. The summed E-state index contributed by atoms with van der Waals surface area (Å²) in [6.07, 6.45) is 7.35. The molecule has 0 spiro atoms. The zero-order valence-electron chi connectivity index (χ0n) is 8.49. The number of thiophene rings is 1. The molecular weight excluding hydrogens is 190 g/mol. The van der Waals surface area contributed by atoms with E-state index in [1.54, 1.807) is 4.88 Å². The lowest BCUT2D eigenvalue weighted by Gasteiger charge is -2.33. The van der Waals surface area contributed by atoms with Crippen molar-refractivity contribution < 1.29 is 0 Å². The third-order valence-corrected chi connectivity index (χ3v) is 3.94. The minimum absolute atomic E-state index is 0.554. The van der Waals surface area contributed by atoms with Crippen LogP contribution in [-0.4, -0.2) is 18.0 Å². The van der Waals surface area contributed by atoms with Gasteiger partial charge in [0.05, 0.1) is 0 Å². The molecule has 0 saturated carbocycles. The highest BCUT2D eigenvalue weighted by Gasteiger charge is 2.23. The molecule has 0 saturated heterocycles. The lowest BCUT2D eigenvalue weighted by atomic mass is 10.0. The molecule has 1 nitrogen and oxygen atoms in total. The van der Waals surface area contributed by atoms with Gasteiger partial charge in [-0.3, -0.25) is 4.90 Å². The number of fused-ring (bicyclic) bond motifs is 1. The van der Waals surface area contributed by atoms with Crippen LogP contribution in [0.3, 0.4) is 0 Å². The second-order valence-corrected chi connectivity index (χ2v) is 4.72. The molecule has 0 aliphatic carbocycles. The first-order valence-corrected chi connectivity index (χ1v) is 5.94. The molecule has 2 heterocycles. The number of hydrogen-bond acceptors (Lipinski definition) is 2. The molecule has 14 heavy (non-hydrogen) atoms. The first kappa shape index (κ1) is 9.76. The summed E-state index contributed by atoms with van der Waals surface area (Å²) >= 11 is 1.89. The van der Waals surface area contributed by atoms with E-state index in [0.717, 1.165) is 19.5 Å². The van der Waals surface area contributed by atoms with Gasteiger partial charge in [-0.15, -0.1) is 23.7 Å². The topological polar surface area (TPSA) is 3.24 Å². The number of rotatable bonds is 2. The molecule has 2 rings (SSSR count). The third kappa shape index (κ3) is 1.70. The lowest BCUT2D eigenvalue weighted by Crippen LogP contribution is -2.33. The molecule has 0 amide bonds. The summed E-state index contributed by atoms with van der Waals surface area (Å²) in [5.41, 5.74) is 1.51. The van der Waals surface area contributed by atoms with Crippen LogP contribution in [0.1, 0.15) is 29.8 Å². The molecule has 0 fully saturated rings. The Morgan fingerprint density at radius 1 is 1.71 bits per heavy atom. The average Bonchev–Trinajstić information content (AvgIpc) is 2.66. The van der Waals surface area contributed by atoms with Gasteiger partial charge in [-0.25, -0.2) is 0 Å². The van der Waals surface area contributed by atoms with Crippen LogP contribution in [0.25, 0.3) is 0 Å². The summed E-state index contributed by atoms with van der Waals surface area (Å²) in [7, 11) is 0. The fourth-order valence-corrected chi connectivity index (χ4v) is 3.04. The highest BCUT2D eigenvalue weighted by Crippen LogP contribution is 2.32. The summed E-state index contributed by atoms with van der Waals surface area (Å²) < 4.78 is 0. The van der Waals surface area contributed by atoms with E-state index in [0.29, 0.717) is 6.04 Å². The van der Waals surface area contributed by atoms with Gasteiger partial charge < -0.3 is 0 Å². The van der Waals surface area contributed by atoms with Gasteiger partial charge in [0.2, 0.25) is 0 Å². The van der Waals surface area contributed by atoms with Gasteiger partial charge in [-0.2, -0.15) is 0 Å². The standard InChI is InChI=1S/C12H15NS/c1-3-4-7-13-8-5-12-11(10(13)2)6-9-14-12/h1,6,9-10H,4-5,7-8H2,2H3. The molecule has 2 heteroatoms. The molecule has 0 N–H and O–H groups in total. The van der Waals surface area contributed by atoms with E-state index in [-0.39, 0.29) is 0 Å². The van der Waals surface area contributed by atoms with Crippen molar-refractivity contribution in [2.75, 3.05) is 13.1 Å². The van der Waals surface area contributed by atoms with E-state index in [2.05, 4.69) is 29.2 Å². The minimum Gasteiger partial charge on any atom is -0.295 e. The summed E-state index contributed by atoms with van der Waals surface area (Å²) in [6.45, 7) is 4.48. The van der Waals surface area contributed by atoms with Crippen LogP contribution in [-0.2, 0) is 6.42 Å². The van der Waals surface area contributed by atoms with Crippen LogP contribution >= 0.6 is 11.3 Å². The molecule has 0 aromatic carbocycles. The fourth-order valence-electron chi connectivity index (χ4n) is 2.08. The maximum atomic E-state index is 5.29. The normalized spacial score (nSPS) is 21.6. The van der Waals surface area contributed by atoms with Gasteiger partial charge in [0.15, 0.2) is 0 Å². The number of hydrogen-bond donors (Lipinski definition) is 0. The van der Waals surface area contributed by atoms with Crippen LogP contribution in [0, 0.1) is 12.3 Å². The Kier molecular flexibility index (Phi) is 2.90. The first-order chi connectivity index (χ1) is 6.83. The second kappa shape index (κ2) is 4.16. The van der Waals surface area contributed by atoms with E-state index in [9.17, 15) is 0 Å². The predicted octanol–water partition coefficient (Wildman–Crippen LogP) is 2.69. The van der Waals surface area contributed by atoms with Gasteiger partial charge >= 0.3 is 0 Å².